The van der Waals surface area contributed by atoms with Crippen molar-refractivity contribution in [1.29, 1.82) is 0 Å². The highest BCUT2D eigenvalue weighted by molar-refractivity contribution is 7.99. The normalized spacial score (nSPS) is 17.0. The number of amides is 1. The Balaban J connectivity index is 1.80. The zero-order valence-electron chi connectivity index (χ0n) is 13.3. The summed E-state index contributed by atoms with van der Waals surface area (Å²) in [6.45, 7) is 4.19. The second-order valence-corrected chi connectivity index (χ2v) is 7.04. The maximum absolute atomic E-state index is 12.1. The average molecular weight is 310 g/mol. The molecule has 0 bridgehead atoms. The van der Waals surface area contributed by atoms with E-state index in [1.54, 1.807) is 0 Å². The zero-order chi connectivity index (χ0) is 15.2. The molecule has 0 unspecified atom stereocenters. The Morgan fingerprint density at radius 2 is 1.95 bits per heavy atom. The molecule has 1 N–H and O–H groups in total. The summed E-state index contributed by atoms with van der Waals surface area (Å²) in [6.07, 6.45) is 7.32. The Hall–Kier alpha value is -1.04. The lowest BCUT2D eigenvalue weighted by Crippen LogP contribution is -2.35. The summed E-state index contributed by atoms with van der Waals surface area (Å²) in [6, 6.07) is 0.367. The molecule has 0 radical (unpaired) electrons. The van der Waals surface area contributed by atoms with Gasteiger partial charge in [0.15, 0.2) is 5.16 Å². The molecule has 0 aliphatic heterocycles. The van der Waals surface area contributed by atoms with Gasteiger partial charge in [0.05, 0.1) is 5.75 Å². The second-order valence-electron chi connectivity index (χ2n) is 6.10. The largest absolute Gasteiger partial charge is 0.353 e. The van der Waals surface area contributed by atoms with Crippen LogP contribution in [-0.2, 0) is 11.8 Å². The molecule has 0 spiro atoms. The van der Waals surface area contributed by atoms with Crippen LogP contribution in [0.4, 0.5) is 0 Å². The number of rotatable bonds is 5. The first kappa shape index (κ1) is 16.3. The van der Waals surface area contributed by atoms with Crippen molar-refractivity contribution >= 4 is 17.7 Å². The van der Waals surface area contributed by atoms with Crippen molar-refractivity contribution in [2.75, 3.05) is 5.75 Å². The Kier molecular flexibility index (Phi) is 6.08. The molecule has 1 saturated carbocycles. The highest BCUT2D eigenvalue weighted by Crippen LogP contribution is 2.20. The first-order chi connectivity index (χ1) is 10.1. The quantitative estimate of drug-likeness (QED) is 0.671. The minimum Gasteiger partial charge on any atom is -0.353 e. The fourth-order valence-corrected chi connectivity index (χ4v) is 3.51. The first-order valence-corrected chi connectivity index (χ1v) is 8.88. The minimum atomic E-state index is 0.112. The number of carbonyl (C=O) groups excluding carboxylic acids is 1. The van der Waals surface area contributed by atoms with Crippen LogP contribution in [0, 0.1) is 0 Å². The molecule has 118 valence electrons. The molecule has 1 heterocycles. The lowest BCUT2D eigenvalue weighted by atomic mass is 10.1. The molecule has 1 aliphatic carbocycles. The number of carbonyl (C=O) groups is 1. The van der Waals surface area contributed by atoms with Crippen LogP contribution in [0.25, 0.3) is 0 Å². The summed E-state index contributed by atoms with van der Waals surface area (Å²) in [5.41, 5.74) is 0. The molecule has 2 rings (SSSR count). The monoisotopic (exact) mass is 310 g/mol. The highest BCUT2D eigenvalue weighted by atomic mass is 32.2. The Morgan fingerprint density at radius 3 is 2.52 bits per heavy atom. The van der Waals surface area contributed by atoms with Gasteiger partial charge in [-0.25, -0.2) is 0 Å². The molecular weight excluding hydrogens is 284 g/mol. The predicted octanol–water partition coefficient (Wildman–Crippen LogP) is 2.87. The van der Waals surface area contributed by atoms with E-state index in [1.165, 1.54) is 37.4 Å². The van der Waals surface area contributed by atoms with Crippen molar-refractivity contribution < 1.29 is 4.79 Å². The lowest BCUT2D eigenvalue weighted by Gasteiger charge is -2.15. The fourth-order valence-electron chi connectivity index (χ4n) is 2.78. The maximum atomic E-state index is 12.1. The van der Waals surface area contributed by atoms with Crippen molar-refractivity contribution in [3.05, 3.63) is 5.82 Å². The van der Waals surface area contributed by atoms with E-state index < -0.39 is 0 Å². The van der Waals surface area contributed by atoms with Crippen LogP contribution in [0.2, 0.25) is 0 Å². The van der Waals surface area contributed by atoms with E-state index in [2.05, 4.69) is 29.4 Å². The number of hydrogen-bond donors (Lipinski definition) is 1. The van der Waals surface area contributed by atoms with E-state index in [1.807, 2.05) is 11.6 Å². The van der Waals surface area contributed by atoms with Gasteiger partial charge in [-0.2, -0.15) is 0 Å². The van der Waals surface area contributed by atoms with Gasteiger partial charge < -0.3 is 9.88 Å². The topological polar surface area (TPSA) is 59.8 Å². The van der Waals surface area contributed by atoms with E-state index in [4.69, 9.17) is 0 Å². The van der Waals surface area contributed by atoms with Crippen LogP contribution in [0.5, 0.6) is 0 Å². The molecule has 6 heteroatoms. The molecule has 0 aromatic carbocycles. The Morgan fingerprint density at radius 1 is 1.29 bits per heavy atom. The van der Waals surface area contributed by atoms with Crippen LogP contribution in [0.15, 0.2) is 5.16 Å². The van der Waals surface area contributed by atoms with Crippen molar-refractivity contribution in [3.8, 4) is 0 Å². The standard InChI is InChI=1S/C15H26N4OS/c1-11(2)14-17-18-15(19(14)3)21-10-13(20)16-12-8-6-4-5-7-9-12/h11-12H,4-10H2,1-3H3,(H,16,20). The lowest BCUT2D eigenvalue weighted by molar-refractivity contribution is -0.119. The third kappa shape index (κ3) is 4.73. The predicted molar refractivity (Wildman–Crippen MR) is 85.4 cm³/mol. The van der Waals surface area contributed by atoms with Crippen molar-refractivity contribution in [1.82, 2.24) is 20.1 Å². The number of aromatic nitrogens is 3. The third-order valence-electron chi connectivity index (χ3n) is 3.94. The first-order valence-electron chi connectivity index (χ1n) is 7.89. The van der Waals surface area contributed by atoms with E-state index in [-0.39, 0.29) is 5.91 Å². The van der Waals surface area contributed by atoms with Gasteiger partial charge in [-0.1, -0.05) is 51.3 Å². The molecule has 0 saturated heterocycles. The number of nitrogens with one attached hydrogen (secondary N) is 1. The summed E-state index contributed by atoms with van der Waals surface area (Å²) in [7, 11) is 1.96. The second kappa shape index (κ2) is 7.82. The van der Waals surface area contributed by atoms with Gasteiger partial charge in [0.1, 0.15) is 5.82 Å². The number of thioether (sulfide) groups is 1. The van der Waals surface area contributed by atoms with Gasteiger partial charge in [0, 0.05) is 19.0 Å². The smallest absolute Gasteiger partial charge is 0.230 e. The summed E-state index contributed by atoms with van der Waals surface area (Å²) in [4.78, 5) is 12.1. The summed E-state index contributed by atoms with van der Waals surface area (Å²) < 4.78 is 1.98. The molecule has 1 fully saturated rings. The third-order valence-corrected chi connectivity index (χ3v) is 4.96. The molecular formula is C15H26N4OS. The Labute approximate surface area is 131 Å². The van der Waals surface area contributed by atoms with Crippen molar-refractivity contribution in [2.45, 2.75) is 69.5 Å². The van der Waals surface area contributed by atoms with Crippen molar-refractivity contribution in [2.24, 2.45) is 7.05 Å². The summed E-state index contributed by atoms with van der Waals surface area (Å²) in [5.74, 6) is 1.83. The number of hydrogen-bond acceptors (Lipinski definition) is 4. The zero-order valence-corrected chi connectivity index (χ0v) is 14.1. The minimum absolute atomic E-state index is 0.112. The SMILES string of the molecule is CC(C)c1nnc(SCC(=O)NC2CCCCCC2)n1C. The maximum Gasteiger partial charge on any atom is 0.230 e. The van der Waals surface area contributed by atoms with E-state index in [9.17, 15) is 4.79 Å². The number of nitrogens with zero attached hydrogens (tertiary/aromatic N) is 3. The van der Waals surface area contributed by atoms with Crippen LogP contribution in [0.3, 0.4) is 0 Å². The van der Waals surface area contributed by atoms with Crippen molar-refractivity contribution in [3.63, 3.8) is 0 Å². The fraction of sp³-hybridized carbons (Fsp3) is 0.800. The molecule has 21 heavy (non-hydrogen) atoms. The van der Waals surface area contributed by atoms with Gasteiger partial charge in [-0.05, 0) is 12.8 Å². The van der Waals surface area contributed by atoms with Gasteiger partial charge >= 0.3 is 0 Å². The van der Waals surface area contributed by atoms with E-state index in [0.717, 1.165) is 23.8 Å². The molecule has 0 atom stereocenters. The van der Waals surface area contributed by atoms with Gasteiger partial charge in [-0.15, -0.1) is 10.2 Å². The highest BCUT2D eigenvalue weighted by Gasteiger charge is 2.17. The van der Waals surface area contributed by atoms with Crippen LogP contribution in [0.1, 0.15) is 64.1 Å². The average Bonchev–Trinajstić information content (AvgIpc) is 2.64. The van der Waals surface area contributed by atoms with Crippen LogP contribution >= 0.6 is 11.8 Å². The van der Waals surface area contributed by atoms with Crippen LogP contribution in [-0.4, -0.2) is 32.5 Å². The van der Waals surface area contributed by atoms with E-state index >= 15 is 0 Å². The van der Waals surface area contributed by atoms with E-state index in [0.29, 0.717) is 17.7 Å². The molecule has 1 amide bonds. The summed E-state index contributed by atoms with van der Waals surface area (Å²) in [5, 5.41) is 12.3. The molecule has 5 nitrogen and oxygen atoms in total. The van der Waals surface area contributed by atoms with Gasteiger partial charge in [-0.3, -0.25) is 4.79 Å². The van der Waals surface area contributed by atoms with Crippen LogP contribution < -0.4 is 5.32 Å². The molecule has 1 aliphatic rings. The Bertz CT molecular complexity index is 464. The molecule has 1 aromatic heterocycles. The molecule has 1 aromatic rings. The summed E-state index contributed by atoms with van der Waals surface area (Å²) >= 11 is 1.46. The van der Waals surface area contributed by atoms with Gasteiger partial charge in [0.2, 0.25) is 5.91 Å². The van der Waals surface area contributed by atoms with Gasteiger partial charge in [0.25, 0.3) is 0 Å².